The predicted molar refractivity (Wildman–Crippen MR) is 80.2 cm³/mol. The van der Waals surface area contributed by atoms with Crippen molar-refractivity contribution in [2.75, 3.05) is 18.1 Å². The Morgan fingerprint density at radius 1 is 1.43 bits per heavy atom. The monoisotopic (exact) mass is 320 g/mol. The minimum atomic E-state index is -0.735. The van der Waals surface area contributed by atoms with E-state index in [4.69, 9.17) is 25.7 Å². The number of nitrogens with zero attached hydrogens (tertiary/aromatic N) is 4. The van der Waals surface area contributed by atoms with Crippen LogP contribution in [-0.2, 0) is 19.0 Å². The maximum atomic E-state index is 11.4. The van der Waals surface area contributed by atoms with E-state index in [2.05, 4.69) is 15.0 Å². The normalized spacial score (nSPS) is 17.0. The molecule has 0 saturated heterocycles. The van der Waals surface area contributed by atoms with Gasteiger partial charge >= 0.3 is 5.97 Å². The van der Waals surface area contributed by atoms with E-state index in [-0.39, 0.29) is 30.3 Å². The minimum Gasteiger partial charge on any atom is -0.458 e. The molecule has 1 aliphatic heterocycles. The van der Waals surface area contributed by atoms with E-state index in [9.17, 15) is 4.79 Å². The van der Waals surface area contributed by atoms with Crippen LogP contribution in [0.15, 0.2) is 12.6 Å². The van der Waals surface area contributed by atoms with Gasteiger partial charge in [0.15, 0.2) is 23.6 Å². The molecule has 0 bridgehead atoms. The third-order valence-corrected chi connectivity index (χ3v) is 3.08. The number of ether oxygens (including phenoxy) is 3. The summed E-state index contributed by atoms with van der Waals surface area (Å²) in [6.07, 6.45) is 2.11. The van der Waals surface area contributed by atoms with Crippen LogP contribution in [0.3, 0.4) is 0 Å². The molecule has 0 aliphatic carbocycles. The van der Waals surface area contributed by atoms with E-state index in [0.29, 0.717) is 17.0 Å². The summed E-state index contributed by atoms with van der Waals surface area (Å²) in [6, 6.07) is 0. The molecule has 0 radical (unpaired) electrons. The molecule has 23 heavy (non-hydrogen) atoms. The SMILES string of the molecule is CC(C)C(=O)OC[C@@H]1OC=C(n2cnc3c(N)nc(N)nc32)O1. The standard InChI is InChI=1S/C13H16N6O4/c1-6(2)12(20)22-4-8-21-3-7(23-8)19-5-16-9-10(14)17-13(15)18-11(9)19/h3,5-6,8H,4H2,1-2H3,(H4,14,15,17,18)/t8-/m1/s1. The first-order valence-electron chi connectivity index (χ1n) is 6.91. The van der Waals surface area contributed by atoms with E-state index in [1.165, 1.54) is 17.2 Å². The topological polar surface area (TPSA) is 140 Å². The van der Waals surface area contributed by atoms with Crippen molar-refractivity contribution in [1.29, 1.82) is 0 Å². The molecular formula is C13H16N6O4. The molecule has 0 spiro atoms. The molecule has 0 amide bonds. The highest BCUT2D eigenvalue weighted by Gasteiger charge is 2.25. The summed E-state index contributed by atoms with van der Waals surface area (Å²) >= 11 is 0. The van der Waals surface area contributed by atoms with Crippen molar-refractivity contribution in [2.24, 2.45) is 5.92 Å². The van der Waals surface area contributed by atoms with Gasteiger partial charge in [-0.15, -0.1) is 0 Å². The summed E-state index contributed by atoms with van der Waals surface area (Å²) in [4.78, 5) is 23.5. The lowest BCUT2D eigenvalue weighted by atomic mass is 10.2. The summed E-state index contributed by atoms with van der Waals surface area (Å²) in [6.45, 7) is 3.46. The summed E-state index contributed by atoms with van der Waals surface area (Å²) < 4.78 is 17.5. The zero-order chi connectivity index (χ0) is 16.6. The predicted octanol–water partition coefficient (Wildman–Crippen LogP) is 0.319. The number of nitrogens with two attached hydrogens (primary N) is 2. The number of hydrogen-bond donors (Lipinski definition) is 2. The molecule has 10 heteroatoms. The van der Waals surface area contributed by atoms with Crippen molar-refractivity contribution in [3.05, 3.63) is 12.6 Å². The van der Waals surface area contributed by atoms with E-state index in [0.717, 1.165) is 0 Å². The van der Waals surface area contributed by atoms with Gasteiger partial charge in [-0.1, -0.05) is 13.8 Å². The Labute approximate surface area is 131 Å². The number of carbonyl (C=O) groups is 1. The summed E-state index contributed by atoms with van der Waals surface area (Å²) in [5.41, 5.74) is 12.1. The number of fused-ring (bicyclic) bond motifs is 1. The van der Waals surface area contributed by atoms with Crippen LogP contribution in [0.2, 0.25) is 0 Å². The van der Waals surface area contributed by atoms with Crippen LogP contribution in [-0.4, -0.2) is 38.4 Å². The molecule has 0 fully saturated rings. The lowest BCUT2D eigenvalue weighted by Gasteiger charge is -2.13. The van der Waals surface area contributed by atoms with Crippen molar-refractivity contribution < 1.29 is 19.0 Å². The van der Waals surface area contributed by atoms with Crippen LogP contribution in [0.4, 0.5) is 11.8 Å². The van der Waals surface area contributed by atoms with Crippen molar-refractivity contribution in [3.8, 4) is 0 Å². The van der Waals surface area contributed by atoms with Crippen LogP contribution in [0.1, 0.15) is 13.8 Å². The molecule has 4 N–H and O–H groups in total. The number of anilines is 2. The second-order valence-electron chi connectivity index (χ2n) is 5.18. The smallest absolute Gasteiger partial charge is 0.308 e. The maximum absolute atomic E-state index is 11.4. The highest BCUT2D eigenvalue weighted by atomic mass is 16.7. The first kappa shape index (κ1) is 14.9. The van der Waals surface area contributed by atoms with Crippen LogP contribution < -0.4 is 11.5 Å². The fourth-order valence-electron chi connectivity index (χ4n) is 1.93. The van der Waals surface area contributed by atoms with Gasteiger partial charge in [0.2, 0.25) is 11.8 Å². The average Bonchev–Trinajstić information content (AvgIpc) is 3.10. The summed E-state index contributed by atoms with van der Waals surface area (Å²) in [5, 5.41) is 0. The third-order valence-electron chi connectivity index (χ3n) is 3.08. The maximum Gasteiger partial charge on any atom is 0.308 e. The van der Waals surface area contributed by atoms with Gasteiger partial charge in [0.25, 0.3) is 6.29 Å². The first-order valence-corrected chi connectivity index (χ1v) is 6.91. The average molecular weight is 320 g/mol. The molecule has 122 valence electrons. The fraction of sp³-hybridized carbons (Fsp3) is 0.385. The van der Waals surface area contributed by atoms with Crippen molar-refractivity contribution in [3.63, 3.8) is 0 Å². The van der Waals surface area contributed by atoms with E-state index in [1.807, 2.05) is 0 Å². The molecule has 0 aromatic carbocycles. The van der Waals surface area contributed by atoms with Gasteiger partial charge in [0.05, 0.1) is 5.92 Å². The number of esters is 1. The van der Waals surface area contributed by atoms with Gasteiger partial charge in [-0.05, 0) is 0 Å². The number of imidazole rings is 1. The minimum absolute atomic E-state index is 0.0249. The Balaban J connectivity index is 1.73. The van der Waals surface area contributed by atoms with Crippen LogP contribution in [0.5, 0.6) is 0 Å². The first-order chi connectivity index (χ1) is 11.0. The Kier molecular flexibility index (Phi) is 3.64. The summed E-state index contributed by atoms with van der Waals surface area (Å²) in [5.74, 6) is -0.0152. The van der Waals surface area contributed by atoms with E-state index < -0.39 is 6.29 Å². The van der Waals surface area contributed by atoms with Crippen LogP contribution in [0.25, 0.3) is 17.0 Å². The van der Waals surface area contributed by atoms with Crippen molar-refractivity contribution in [2.45, 2.75) is 20.1 Å². The zero-order valence-electron chi connectivity index (χ0n) is 12.6. The Hall–Kier alpha value is -3.04. The number of rotatable bonds is 4. The highest BCUT2D eigenvalue weighted by Crippen LogP contribution is 2.25. The van der Waals surface area contributed by atoms with Crippen molar-refractivity contribution >= 4 is 34.8 Å². The lowest BCUT2D eigenvalue weighted by Crippen LogP contribution is -2.22. The number of carbonyl (C=O) groups excluding carboxylic acids is 1. The molecule has 3 heterocycles. The molecule has 2 aromatic heterocycles. The van der Waals surface area contributed by atoms with Crippen molar-refractivity contribution in [1.82, 2.24) is 19.5 Å². The number of hydrogen-bond acceptors (Lipinski definition) is 9. The van der Waals surface area contributed by atoms with E-state index >= 15 is 0 Å². The molecule has 10 nitrogen and oxygen atoms in total. The fourth-order valence-corrected chi connectivity index (χ4v) is 1.93. The van der Waals surface area contributed by atoms with Gasteiger partial charge in [0.1, 0.15) is 12.6 Å². The largest absolute Gasteiger partial charge is 0.458 e. The molecule has 0 saturated carbocycles. The second-order valence-corrected chi connectivity index (χ2v) is 5.18. The molecule has 3 rings (SSSR count). The van der Waals surface area contributed by atoms with Crippen LogP contribution in [0, 0.1) is 5.92 Å². The third kappa shape index (κ3) is 2.82. The molecule has 2 aromatic rings. The molecule has 0 unspecified atom stereocenters. The van der Waals surface area contributed by atoms with Gasteiger partial charge < -0.3 is 25.7 Å². The van der Waals surface area contributed by atoms with E-state index in [1.54, 1.807) is 13.8 Å². The second kappa shape index (κ2) is 5.63. The zero-order valence-corrected chi connectivity index (χ0v) is 12.6. The van der Waals surface area contributed by atoms with Gasteiger partial charge in [-0.2, -0.15) is 9.97 Å². The molecular weight excluding hydrogens is 304 g/mol. The Morgan fingerprint density at radius 3 is 2.96 bits per heavy atom. The number of aromatic nitrogens is 4. The van der Waals surface area contributed by atoms with Crippen LogP contribution >= 0.6 is 0 Å². The molecule has 1 aliphatic rings. The van der Waals surface area contributed by atoms with Gasteiger partial charge in [-0.25, -0.2) is 9.55 Å². The highest BCUT2D eigenvalue weighted by molar-refractivity contribution is 5.84. The van der Waals surface area contributed by atoms with Gasteiger partial charge in [-0.3, -0.25) is 4.79 Å². The molecule has 1 atom stereocenters. The Bertz CT molecular complexity index is 784. The quantitative estimate of drug-likeness (QED) is 0.761. The lowest BCUT2D eigenvalue weighted by molar-refractivity contribution is -0.157. The Morgan fingerprint density at radius 2 is 2.22 bits per heavy atom. The number of nitrogen functional groups attached to an aromatic ring is 2. The summed E-state index contributed by atoms with van der Waals surface area (Å²) in [7, 11) is 0. The van der Waals surface area contributed by atoms with Gasteiger partial charge in [0, 0.05) is 0 Å².